The molecule has 1 aromatic rings. The lowest BCUT2D eigenvalue weighted by molar-refractivity contribution is -0.0357. The fourth-order valence-corrected chi connectivity index (χ4v) is 3.85. The predicted molar refractivity (Wildman–Crippen MR) is 97.6 cm³/mol. The maximum atomic E-state index is 12.3. The molecule has 0 aliphatic carbocycles. The quantitative estimate of drug-likeness (QED) is 0.758. The standard InChI is InChI=1S/C19H27N3O4/c1-12-8-15-9-17(24)13(2)16(10-23)22(15)18(20-12)21-19(25)26-11-14-6-4-3-5-7-14/h3-7,12-13,15-17,23-24H,8-11H2,1-2H3,(H,20,21,25)/t12-,13-,15+,16-,17+/m1/s1. The number of ether oxygens (including phenoxy) is 1. The second-order valence-electron chi connectivity index (χ2n) is 7.20. The highest BCUT2D eigenvalue weighted by molar-refractivity contribution is 5.94. The fourth-order valence-electron chi connectivity index (χ4n) is 3.85. The van der Waals surface area contributed by atoms with Crippen molar-refractivity contribution >= 4 is 12.1 Å². The van der Waals surface area contributed by atoms with E-state index >= 15 is 0 Å². The highest BCUT2D eigenvalue weighted by Gasteiger charge is 2.44. The normalized spacial score (nSPS) is 31.0. The summed E-state index contributed by atoms with van der Waals surface area (Å²) in [7, 11) is 0. The SMILES string of the molecule is C[C@@H]1[C@@H](CO)N2C(NC(=O)OCc3ccccc3)=N[C@H](C)C[C@H]2C[C@@H]1O. The van der Waals surface area contributed by atoms with Crippen LogP contribution in [0.15, 0.2) is 35.3 Å². The van der Waals surface area contributed by atoms with Gasteiger partial charge in [-0.05, 0) is 25.3 Å². The topological polar surface area (TPSA) is 94.4 Å². The molecule has 0 radical (unpaired) electrons. The van der Waals surface area contributed by atoms with E-state index in [4.69, 9.17) is 4.74 Å². The molecule has 2 aliphatic rings. The summed E-state index contributed by atoms with van der Waals surface area (Å²) < 4.78 is 5.29. The molecule has 0 bridgehead atoms. The molecule has 2 aliphatic heterocycles. The minimum atomic E-state index is -0.573. The van der Waals surface area contributed by atoms with Crippen molar-refractivity contribution in [1.82, 2.24) is 10.2 Å². The Bertz CT molecular complexity index is 651. The highest BCUT2D eigenvalue weighted by atomic mass is 16.5. The third-order valence-corrected chi connectivity index (χ3v) is 5.29. The van der Waals surface area contributed by atoms with Crippen molar-refractivity contribution in [2.75, 3.05) is 6.61 Å². The van der Waals surface area contributed by atoms with Gasteiger partial charge in [0.2, 0.25) is 5.96 Å². The van der Waals surface area contributed by atoms with Crippen LogP contribution in [0.25, 0.3) is 0 Å². The van der Waals surface area contributed by atoms with Gasteiger partial charge in [-0.1, -0.05) is 37.3 Å². The number of nitrogens with zero attached hydrogens (tertiary/aromatic N) is 2. The van der Waals surface area contributed by atoms with Gasteiger partial charge in [0.15, 0.2) is 0 Å². The van der Waals surface area contributed by atoms with Crippen molar-refractivity contribution in [3.63, 3.8) is 0 Å². The molecule has 0 unspecified atom stereocenters. The minimum Gasteiger partial charge on any atom is -0.444 e. The van der Waals surface area contributed by atoms with Gasteiger partial charge in [0.05, 0.1) is 24.8 Å². The Kier molecular flexibility index (Phi) is 5.78. The van der Waals surface area contributed by atoms with Crippen LogP contribution in [-0.4, -0.2) is 58.0 Å². The fraction of sp³-hybridized carbons (Fsp3) is 0.579. The summed E-state index contributed by atoms with van der Waals surface area (Å²) in [6.45, 7) is 3.96. The minimum absolute atomic E-state index is 0.0284. The van der Waals surface area contributed by atoms with Gasteiger partial charge in [0, 0.05) is 12.0 Å². The van der Waals surface area contributed by atoms with Crippen LogP contribution in [-0.2, 0) is 11.3 Å². The molecule has 0 spiro atoms. The Morgan fingerprint density at radius 1 is 1.31 bits per heavy atom. The van der Waals surface area contributed by atoms with Crippen LogP contribution in [0.5, 0.6) is 0 Å². The first kappa shape index (κ1) is 18.7. The molecule has 1 amide bonds. The van der Waals surface area contributed by atoms with Crippen LogP contribution in [0.3, 0.4) is 0 Å². The first-order chi connectivity index (χ1) is 12.5. The van der Waals surface area contributed by atoms with Gasteiger partial charge in [-0.2, -0.15) is 0 Å². The zero-order valence-electron chi connectivity index (χ0n) is 15.2. The third kappa shape index (κ3) is 3.99. The van der Waals surface area contributed by atoms with E-state index < -0.39 is 12.2 Å². The summed E-state index contributed by atoms with van der Waals surface area (Å²) in [5.41, 5.74) is 0.905. The van der Waals surface area contributed by atoms with Crippen LogP contribution >= 0.6 is 0 Å². The van der Waals surface area contributed by atoms with E-state index in [1.807, 2.05) is 49.1 Å². The molecule has 0 aromatic heterocycles. The maximum absolute atomic E-state index is 12.3. The van der Waals surface area contributed by atoms with Gasteiger partial charge < -0.3 is 19.8 Å². The number of aliphatic imine (C=N–C) groups is 1. The van der Waals surface area contributed by atoms with Gasteiger partial charge in [0.1, 0.15) is 6.61 Å². The van der Waals surface area contributed by atoms with Gasteiger partial charge in [-0.3, -0.25) is 5.32 Å². The van der Waals surface area contributed by atoms with Crippen molar-refractivity contribution in [2.24, 2.45) is 10.9 Å². The summed E-state index contributed by atoms with van der Waals surface area (Å²) in [4.78, 5) is 18.8. The Morgan fingerprint density at radius 2 is 2.04 bits per heavy atom. The molecule has 142 valence electrons. The number of guanidine groups is 1. The number of alkyl carbamates (subject to hydrolysis) is 1. The van der Waals surface area contributed by atoms with Crippen molar-refractivity contribution < 1.29 is 19.7 Å². The number of hydrogen-bond acceptors (Lipinski definition) is 6. The van der Waals surface area contributed by atoms with Crippen LogP contribution in [0.1, 0.15) is 32.3 Å². The highest BCUT2D eigenvalue weighted by Crippen LogP contribution is 2.33. The molecular formula is C19H27N3O4. The molecule has 0 saturated carbocycles. The summed E-state index contributed by atoms with van der Waals surface area (Å²) >= 11 is 0. The molecule has 7 heteroatoms. The average molecular weight is 361 g/mol. The van der Waals surface area contributed by atoms with Crippen LogP contribution < -0.4 is 5.32 Å². The molecular weight excluding hydrogens is 334 g/mol. The number of piperidine rings is 1. The summed E-state index contributed by atoms with van der Waals surface area (Å²) in [6.07, 6.45) is 0.340. The van der Waals surface area contributed by atoms with E-state index in [1.54, 1.807) is 0 Å². The molecule has 7 nitrogen and oxygen atoms in total. The van der Waals surface area contributed by atoms with E-state index in [-0.39, 0.29) is 37.3 Å². The molecule has 3 N–H and O–H groups in total. The van der Waals surface area contributed by atoms with Crippen LogP contribution in [0.4, 0.5) is 4.79 Å². The number of aliphatic hydroxyl groups excluding tert-OH is 2. The smallest absolute Gasteiger partial charge is 0.414 e. The summed E-state index contributed by atoms with van der Waals surface area (Å²) in [6, 6.07) is 9.24. The van der Waals surface area contributed by atoms with Gasteiger partial charge in [0.25, 0.3) is 0 Å². The number of rotatable bonds is 3. The van der Waals surface area contributed by atoms with Crippen molar-refractivity contribution in [2.45, 2.75) is 57.5 Å². The number of carbonyl (C=O) groups excluding carboxylic acids is 1. The second-order valence-corrected chi connectivity index (χ2v) is 7.20. The molecule has 1 saturated heterocycles. The second kappa shape index (κ2) is 8.05. The third-order valence-electron chi connectivity index (χ3n) is 5.29. The number of nitrogens with one attached hydrogen (secondary N) is 1. The number of benzene rings is 1. The van der Waals surface area contributed by atoms with Crippen molar-refractivity contribution in [1.29, 1.82) is 0 Å². The number of amides is 1. The van der Waals surface area contributed by atoms with E-state index in [9.17, 15) is 15.0 Å². The van der Waals surface area contributed by atoms with E-state index in [0.29, 0.717) is 12.4 Å². The zero-order chi connectivity index (χ0) is 18.7. The number of hydrogen-bond donors (Lipinski definition) is 3. The lowest BCUT2D eigenvalue weighted by Gasteiger charge is -2.50. The Labute approximate surface area is 153 Å². The monoisotopic (exact) mass is 361 g/mol. The zero-order valence-corrected chi connectivity index (χ0v) is 15.2. The molecule has 2 heterocycles. The molecule has 5 atom stereocenters. The molecule has 26 heavy (non-hydrogen) atoms. The lowest BCUT2D eigenvalue weighted by atomic mass is 9.82. The predicted octanol–water partition coefficient (Wildman–Crippen LogP) is 1.49. The van der Waals surface area contributed by atoms with Crippen LogP contribution in [0.2, 0.25) is 0 Å². The first-order valence-electron chi connectivity index (χ1n) is 9.12. The summed E-state index contributed by atoms with van der Waals surface area (Å²) in [5.74, 6) is 0.307. The van der Waals surface area contributed by atoms with Crippen LogP contribution in [0, 0.1) is 5.92 Å². The van der Waals surface area contributed by atoms with Crippen molar-refractivity contribution in [3.8, 4) is 0 Å². The first-order valence-corrected chi connectivity index (χ1v) is 9.12. The Morgan fingerprint density at radius 3 is 2.73 bits per heavy atom. The molecule has 3 rings (SSSR count). The maximum Gasteiger partial charge on any atom is 0.414 e. The van der Waals surface area contributed by atoms with Gasteiger partial charge >= 0.3 is 6.09 Å². The molecule has 1 aromatic carbocycles. The van der Waals surface area contributed by atoms with E-state index in [2.05, 4.69) is 10.3 Å². The number of fused-ring (bicyclic) bond motifs is 1. The van der Waals surface area contributed by atoms with E-state index in [0.717, 1.165) is 12.0 Å². The number of carbonyl (C=O) groups is 1. The van der Waals surface area contributed by atoms with Crippen molar-refractivity contribution in [3.05, 3.63) is 35.9 Å². The Hall–Kier alpha value is -2.12. The summed E-state index contributed by atoms with van der Waals surface area (Å²) in [5, 5.41) is 22.9. The number of aliphatic hydroxyl groups is 2. The van der Waals surface area contributed by atoms with Gasteiger partial charge in [-0.15, -0.1) is 0 Å². The average Bonchev–Trinajstić information content (AvgIpc) is 2.62. The van der Waals surface area contributed by atoms with E-state index in [1.165, 1.54) is 0 Å². The molecule has 1 fully saturated rings. The Balaban J connectivity index is 1.69. The van der Waals surface area contributed by atoms with Gasteiger partial charge in [-0.25, -0.2) is 9.79 Å². The largest absolute Gasteiger partial charge is 0.444 e. The lowest BCUT2D eigenvalue weighted by Crippen LogP contribution is -2.64.